The van der Waals surface area contributed by atoms with Gasteiger partial charge in [0.25, 0.3) is 5.91 Å². The Morgan fingerprint density at radius 2 is 2.00 bits per heavy atom. The van der Waals surface area contributed by atoms with E-state index in [9.17, 15) is 9.18 Å². The van der Waals surface area contributed by atoms with E-state index in [1.807, 2.05) is 31.7 Å². The first-order valence-corrected chi connectivity index (χ1v) is 8.09. The molecule has 1 amide bonds. The van der Waals surface area contributed by atoms with Gasteiger partial charge in [-0.15, -0.1) is 0 Å². The van der Waals surface area contributed by atoms with E-state index in [1.54, 1.807) is 24.1 Å². The highest BCUT2D eigenvalue weighted by molar-refractivity contribution is 5.91. The number of nitrogens with zero attached hydrogens (tertiary/aromatic N) is 3. The van der Waals surface area contributed by atoms with Crippen molar-refractivity contribution in [3.8, 4) is 0 Å². The average Bonchev–Trinajstić information content (AvgIpc) is 3.03. The molecule has 0 unspecified atom stereocenters. The SMILES string of the molecule is CCN(C)C(=O)c1coc(CN(Cc2ccccc2F)C(C)C)n1. The molecule has 6 heteroatoms. The molecule has 0 saturated heterocycles. The van der Waals surface area contributed by atoms with Gasteiger partial charge >= 0.3 is 0 Å². The summed E-state index contributed by atoms with van der Waals surface area (Å²) in [4.78, 5) is 20.0. The lowest BCUT2D eigenvalue weighted by atomic mass is 10.1. The number of carbonyl (C=O) groups excluding carboxylic acids is 1. The molecule has 0 fully saturated rings. The Bertz CT molecular complexity index is 684. The highest BCUT2D eigenvalue weighted by Crippen LogP contribution is 2.16. The molecule has 0 aliphatic heterocycles. The van der Waals surface area contributed by atoms with Gasteiger partial charge in [-0.1, -0.05) is 18.2 Å². The lowest BCUT2D eigenvalue weighted by Gasteiger charge is -2.25. The fraction of sp³-hybridized carbons (Fsp3) is 0.444. The third-order valence-electron chi connectivity index (χ3n) is 3.99. The normalized spacial score (nSPS) is 11.3. The van der Waals surface area contributed by atoms with Crippen molar-refractivity contribution in [2.75, 3.05) is 13.6 Å². The number of rotatable bonds is 7. The first kappa shape index (κ1) is 18.1. The van der Waals surface area contributed by atoms with Crippen molar-refractivity contribution in [3.05, 3.63) is 53.5 Å². The summed E-state index contributed by atoms with van der Waals surface area (Å²) in [5.41, 5.74) is 0.920. The molecule has 1 heterocycles. The van der Waals surface area contributed by atoms with Gasteiger partial charge in [-0.3, -0.25) is 9.69 Å². The quantitative estimate of drug-likeness (QED) is 0.780. The van der Waals surface area contributed by atoms with E-state index in [0.29, 0.717) is 36.8 Å². The third-order valence-corrected chi connectivity index (χ3v) is 3.99. The van der Waals surface area contributed by atoms with Crippen LogP contribution >= 0.6 is 0 Å². The summed E-state index contributed by atoms with van der Waals surface area (Å²) < 4.78 is 19.3. The number of aromatic nitrogens is 1. The number of hydrogen-bond donors (Lipinski definition) is 0. The number of benzene rings is 1. The molecule has 0 aliphatic carbocycles. The first-order valence-electron chi connectivity index (χ1n) is 8.09. The van der Waals surface area contributed by atoms with Crippen LogP contribution < -0.4 is 0 Å². The zero-order valence-corrected chi connectivity index (χ0v) is 14.6. The van der Waals surface area contributed by atoms with Gasteiger partial charge in [0, 0.05) is 31.7 Å². The maximum absolute atomic E-state index is 13.9. The van der Waals surface area contributed by atoms with Crippen molar-refractivity contribution >= 4 is 5.91 Å². The van der Waals surface area contributed by atoms with Gasteiger partial charge in [0.2, 0.25) is 5.89 Å². The summed E-state index contributed by atoms with van der Waals surface area (Å²) in [5.74, 6) is 0.0570. The lowest BCUT2D eigenvalue weighted by Crippen LogP contribution is -2.30. The van der Waals surface area contributed by atoms with Crippen molar-refractivity contribution < 1.29 is 13.6 Å². The zero-order valence-electron chi connectivity index (χ0n) is 14.6. The van der Waals surface area contributed by atoms with Crippen molar-refractivity contribution in [3.63, 3.8) is 0 Å². The first-order chi connectivity index (χ1) is 11.4. The molecule has 24 heavy (non-hydrogen) atoms. The van der Waals surface area contributed by atoms with Crippen molar-refractivity contribution in [1.29, 1.82) is 0 Å². The summed E-state index contributed by atoms with van der Waals surface area (Å²) in [6.45, 7) is 7.42. The van der Waals surface area contributed by atoms with E-state index in [4.69, 9.17) is 4.42 Å². The van der Waals surface area contributed by atoms with Gasteiger partial charge in [0.1, 0.15) is 12.1 Å². The molecule has 130 valence electrons. The Kier molecular flexibility index (Phi) is 6.09. The number of halogens is 1. The van der Waals surface area contributed by atoms with Crippen molar-refractivity contribution in [1.82, 2.24) is 14.8 Å². The zero-order chi connectivity index (χ0) is 17.7. The molecular weight excluding hydrogens is 309 g/mol. The highest BCUT2D eigenvalue weighted by atomic mass is 19.1. The van der Waals surface area contributed by atoms with Gasteiger partial charge < -0.3 is 9.32 Å². The van der Waals surface area contributed by atoms with Gasteiger partial charge in [-0.2, -0.15) is 0 Å². The van der Waals surface area contributed by atoms with Crippen LogP contribution in [0, 0.1) is 5.82 Å². The Morgan fingerprint density at radius 1 is 1.29 bits per heavy atom. The van der Waals surface area contributed by atoms with Crippen LogP contribution in [0.2, 0.25) is 0 Å². The fourth-order valence-electron chi connectivity index (χ4n) is 2.26. The fourth-order valence-corrected chi connectivity index (χ4v) is 2.26. The molecule has 0 saturated carbocycles. The minimum atomic E-state index is -0.226. The van der Waals surface area contributed by atoms with Gasteiger partial charge in [0.15, 0.2) is 5.69 Å². The average molecular weight is 333 g/mol. The molecule has 2 aromatic rings. The Hall–Kier alpha value is -2.21. The van der Waals surface area contributed by atoms with E-state index in [0.717, 1.165) is 0 Å². The third kappa shape index (κ3) is 4.41. The maximum Gasteiger partial charge on any atom is 0.275 e. The van der Waals surface area contributed by atoms with Crippen LogP contribution in [0.15, 0.2) is 34.9 Å². The molecule has 0 radical (unpaired) electrons. The van der Waals surface area contributed by atoms with Crippen LogP contribution in [0.25, 0.3) is 0 Å². The van der Waals surface area contributed by atoms with E-state index in [2.05, 4.69) is 4.98 Å². The summed E-state index contributed by atoms with van der Waals surface area (Å²) in [6.07, 6.45) is 1.38. The molecule has 0 bridgehead atoms. The summed E-state index contributed by atoms with van der Waals surface area (Å²) >= 11 is 0. The smallest absolute Gasteiger partial charge is 0.275 e. The molecule has 5 nitrogen and oxygen atoms in total. The Morgan fingerprint density at radius 3 is 2.62 bits per heavy atom. The van der Waals surface area contributed by atoms with Crippen LogP contribution in [0.4, 0.5) is 4.39 Å². The second-order valence-electron chi connectivity index (χ2n) is 6.04. The van der Waals surface area contributed by atoms with Crippen LogP contribution in [-0.2, 0) is 13.1 Å². The molecule has 1 aromatic carbocycles. The van der Waals surface area contributed by atoms with Crippen LogP contribution in [0.5, 0.6) is 0 Å². The molecule has 0 spiro atoms. The summed E-state index contributed by atoms with van der Waals surface area (Å²) in [6, 6.07) is 6.89. The van der Waals surface area contributed by atoms with Crippen molar-refractivity contribution in [2.45, 2.75) is 39.9 Å². The molecule has 2 rings (SSSR count). The Balaban J connectivity index is 2.10. The van der Waals surface area contributed by atoms with Crippen LogP contribution in [-0.4, -0.2) is 40.3 Å². The Labute approximate surface area is 142 Å². The van der Waals surface area contributed by atoms with Gasteiger partial charge in [-0.05, 0) is 26.8 Å². The van der Waals surface area contributed by atoms with Crippen molar-refractivity contribution in [2.24, 2.45) is 0 Å². The van der Waals surface area contributed by atoms with E-state index in [1.165, 1.54) is 12.3 Å². The predicted molar refractivity (Wildman–Crippen MR) is 89.9 cm³/mol. The topological polar surface area (TPSA) is 49.6 Å². The largest absolute Gasteiger partial charge is 0.447 e. The summed E-state index contributed by atoms with van der Waals surface area (Å²) in [7, 11) is 1.72. The monoisotopic (exact) mass is 333 g/mol. The predicted octanol–water partition coefficient (Wildman–Crippen LogP) is 3.32. The molecule has 1 aromatic heterocycles. The lowest BCUT2D eigenvalue weighted by molar-refractivity contribution is 0.0796. The molecular formula is C18H24FN3O2. The van der Waals surface area contributed by atoms with E-state index in [-0.39, 0.29) is 17.8 Å². The number of amides is 1. The highest BCUT2D eigenvalue weighted by Gasteiger charge is 2.19. The standard InChI is InChI=1S/C18H24FN3O2/c1-5-21(4)18(23)16-12-24-17(20-16)11-22(13(2)3)10-14-8-6-7-9-15(14)19/h6-9,12-13H,5,10-11H2,1-4H3. The number of oxazole rings is 1. The number of carbonyl (C=O) groups is 1. The summed E-state index contributed by atoms with van der Waals surface area (Å²) in [5, 5.41) is 0. The van der Waals surface area contributed by atoms with Gasteiger partial charge in [-0.25, -0.2) is 9.37 Å². The molecule has 0 N–H and O–H groups in total. The number of hydrogen-bond acceptors (Lipinski definition) is 4. The second kappa shape index (κ2) is 8.06. The minimum absolute atomic E-state index is 0.169. The van der Waals surface area contributed by atoms with Crippen LogP contribution in [0.1, 0.15) is 42.7 Å². The van der Waals surface area contributed by atoms with Gasteiger partial charge in [0.05, 0.1) is 6.54 Å². The maximum atomic E-state index is 13.9. The second-order valence-corrected chi connectivity index (χ2v) is 6.04. The molecule has 0 atom stereocenters. The molecule has 0 aliphatic rings. The van der Waals surface area contributed by atoms with Crippen LogP contribution in [0.3, 0.4) is 0 Å². The van der Waals surface area contributed by atoms with E-state index >= 15 is 0 Å². The minimum Gasteiger partial charge on any atom is -0.447 e. The van der Waals surface area contributed by atoms with E-state index < -0.39 is 0 Å².